The molecule has 2 N–H and O–H groups in total. The molecule has 0 atom stereocenters. The molecule has 0 amide bonds. The Morgan fingerprint density at radius 3 is 1.52 bits per heavy atom. The first-order chi connectivity index (χ1) is 10.4. The summed E-state index contributed by atoms with van der Waals surface area (Å²) in [6.45, 7) is 12.5. The van der Waals surface area contributed by atoms with Crippen molar-refractivity contribution >= 4 is 11.7 Å². The lowest BCUT2D eigenvalue weighted by Gasteiger charge is -2.40. The Kier molecular flexibility index (Phi) is 7.89. The summed E-state index contributed by atoms with van der Waals surface area (Å²) in [4.78, 5) is 19.9. The van der Waals surface area contributed by atoms with Crippen LogP contribution in [0.5, 0.6) is 0 Å². The molecule has 0 aliphatic carbocycles. The molecule has 1 aromatic rings. The average Bonchev–Trinajstić information content (AvgIpc) is 2.46. The first-order valence-electron chi connectivity index (χ1n) is 7.64. The minimum absolute atomic E-state index is 0.0422. The molecule has 0 unspecified atom stereocenters. The predicted octanol–water partition coefficient (Wildman–Crippen LogP) is 3.98. The lowest BCUT2D eigenvalue weighted by atomic mass is 9.73. The molecule has 6 nitrogen and oxygen atoms in total. The van der Waals surface area contributed by atoms with Gasteiger partial charge < -0.3 is 10.2 Å². The number of aliphatic hydroxyl groups is 1. The van der Waals surface area contributed by atoms with E-state index in [0.29, 0.717) is 17.8 Å². The summed E-state index contributed by atoms with van der Waals surface area (Å²) in [5, 5.41) is 28.8. The third-order valence-corrected chi connectivity index (χ3v) is 4.10. The molecule has 0 saturated heterocycles. The summed E-state index contributed by atoms with van der Waals surface area (Å²) in [5.41, 5.74) is -0.569. The monoisotopic (exact) mass is 325 g/mol. The van der Waals surface area contributed by atoms with Gasteiger partial charge in [0.1, 0.15) is 0 Å². The zero-order valence-electron chi connectivity index (χ0n) is 14.6. The van der Waals surface area contributed by atoms with Crippen molar-refractivity contribution in [1.29, 1.82) is 0 Å². The number of carboxylic acids is 1. The van der Waals surface area contributed by atoms with Gasteiger partial charge >= 0.3 is 5.97 Å². The fourth-order valence-electron chi connectivity index (χ4n) is 2.73. The molecule has 0 spiro atoms. The van der Waals surface area contributed by atoms with Crippen molar-refractivity contribution in [3.05, 3.63) is 39.9 Å². The van der Waals surface area contributed by atoms with Gasteiger partial charge in [0.2, 0.25) is 0 Å². The zero-order valence-corrected chi connectivity index (χ0v) is 14.6. The third-order valence-electron chi connectivity index (χ3n) is 4.10. The Labute approximate surface area is 137 Å². The van der Waals surface area contributed by atoms with Gasteiger partial charge in [-0.3, -0.25) is 10.1 Å². The van der Waals surface area contributed by atoms with Crippen LogP contribution in [0.15, 0.2) is 24.3 Å². The van der Waals surface area contributed by atoms with E-state index < -0.39 is 16.5 Å². The number of carboxylic acid groups (broad SMARTS) is 1. The van der Waals surface area contributed by atoms with Gasteiger partial charge in [0.15, 0.2) is 0 Å². The summed E-state index contributed by atoms with van der Waals surface area (Å²) in [7, 11) is 0. The van der Waals surface area contributed by atoms with Gasteiger partial charge in [-0.05, 0) is 29.9 Å². The SMILES string of the molecule is CC(C)C(O)(C(C)C)C(C)C.O=C(O)c1ccc([N+](=O)[O-])cc1. The molecule has 1 rings (SSSR count). The van der Waals surface area contributed by atoms with Crippen molar-refractivity contribution in [3.63, 3.8) is 0 Å². The molecule has 0 radical (unpaired) electrons. The second-order valence-electron chi connectivity index (χ2n) is 6.46. The van der Waals surface area contributed by atoms with Gasteiger partial charge in [-0.1, -0.05) is 41.5 Å². The third kappa shape index (κ3) is 5.63. The van der Waals surface area contributed by atoms with Crippen LogP contribution in [-0.2, 0) is 0 Å². The van der Waals surface area contributed by atoms with Crippen LogP contribution in [0.2, 0.25) is 0 Å². The average molecular weight is 325 g/mol. The number of hydrogen-bond acceptors (Lipinski definition) is 4. The Balaban J connectivity index is 0.000000423. The number of carbonyl (C=O) groups is 1. The van der Waals surface area contributed by atoms with E-state index in [-0.39, 0.29) is 11.3 Å². The number of nitro groups is 1. The summed E-state index contributed by atoms with van der Waals surface area (Å²) in [6.07, 6.45) is 0. The number of rotatable bonds is 5. The number of nitrogens with zero attached hydrogens (tertiary/aromatic N) is 1. The van der Waals surface area contributed by atoms with Crippen LogP contribution >= 0.6 is 0 Å². The Hall–Kier alpha value is -1.95. The molecule has 0 heterocycles. The highest BCUT2D eigenvalue weighted by Gasteiger charge is 2.37. The molecule has 23 heavy (non-hydrogen) atoms. The van der Waals surface area contributed by atoms with Crippen molar-refractivity contribution in [2.45, 2.75) is 47.1 Å². The summed E-state index contributed by atoms with van der Waals surface area (Å²) >= 11 is 0. The first kappa shape index (κ1) is 21.0. The van der Waals surface area contributed by atoms with Gasteiger partial charge in [-0.25, -0.2) is 4.79 Å². The maximum atomic E-state index is 10.3. The number of non-ortho nitro benzene ring substituents is 1. The highest BCUT2D eigenvalue weighted by Crippen LogP contribution is 2.33. The lowest BCUT2D eigenvalue weighted by Crippen LogP contribution is -2.45. The van der Waals surface area contributed by atoms with Gasteiger partial charge in [0, 0.05) is 12.1 Å². The Bertz CT molecular complexity index is 466. The van der Waals surface area contributed by atoms with E-state index in [1.54, 1.807) is 0 Å². The van der Waals surface area contributed by atoms with Crippen LogP contribution in [0, 0.1) is 27.9 Å². The molecule has 0 bridgehead atoms. The molecule has 0 saturated carbocycles. The van der Waals surface area contributed by atoms with Crippen molar-refractivity contribution in [1.82, 2.24) is 0 Å². The molecule has 0 fully saturated rings. The predicted molar refractivity (Wildman–Crippen MR) is 89.5 cm³/mol. The standard InChI is InChI=1S/C10H22O.C7H5NO4/c1-7(2)10(11,8(3)4)9(5)6;9-7(10)5-1-3-6(4-2-5)8(11)12/h7-9,11H,1-6H3;1-4H,(H,9,10). The smallest absolute Gasteiger partial charge is 0.335 e. The number of nitro benzene ring substituents is 1. The van der Waals surface area contributed by atoms with Gasteiger partial charge in [-0.2, -0.15) is 0 Å². The summed E-state index contributed by atoms with van der Waals surface area (Å²) in [6, 6.07) is 4.70. The van der Waals surface area contributed by atoms with E-state index in [9.17, 15) is 20.0 Å². The molecular weight excluding hydrogens is 298 g/mol. The van der Waals surface area contributed by atoms with E-state index in [1.807, 2.05) is 0 Å². The van der Waals surface area contributed by atoms with E-state index in [4.69, 9.17) is 5.11 Å². The topological polar surface area (TPSA) is 101 Å². The second kappa shape index (κ2) is 8.62. The molecular formula is C17H27NO5. The van der Waals surface area contributed by atoms with Gasteiger partial charge in [0.05, 0.1) is 16.1 Å². The van der Waals surface area contributed by atoms with Crippen molar-refractivity contribution in [3.8, 4) is 0 Å². The van der Waals surface area contributed by atoms with Crippen LogP contribution < -0.4 is 0 Å². The zero-order chi connectivity index (χ0) is 18.4. The van der Waals surface area contributed by atoms with Crippen molar-refractivity contribution in [2.75, 3.05) is 0 Å². The molecule has 1 aromatic carbocycles. The van der Waals surface area contributed by atoms with E-state index in [1.165, 1.54) is 12.1 Å². The maximum Gasteiger partial charge on any atom is 0.335 e. The number of hydrogen-bond donors (Lipinski definition) is 2. The second-order valence-corrected chi connectivity index (χ2v) is 6.46. The van der Waals surface area contributed by atoms with Crippen LogP contribution in [0.1, 0.15) is 51.9 Å². The van der Waals surface area contributed by atoms with Gasteiger partial charge in [0.25, 0.3) is 5.69 Å². The molecule has 0 aliphatic rings. The van der Waals surface area contributed by atoms with Gasteiger partial charge in [-0.15, -0.1) is 0 Å². The Morgan fingerprint density at radius 1 is 1.00 bits per heavy atom. The van der Waals surface area contributed by atoms with E-state index >= 15 is 0 Å². The fraction of sp³-hybridized carbons (Fsp3) is 0.588. The summed E-state index contributed by atoms with van der Waals surface area (Å²) in [5.74, 6) is -0.0857. The first-order valence-corrected chi connectivity index (χ1v) is 7.64. The molecule has 130 valence electrons. The maximum absolute atomic E-state index is 10.3. The minimum Gasteiger partial charge on any atom is -0.478 e. The van der Waals surface area contributed by atoms with E-state index in [2.05, 4.69) is 41.5 Å². The van der Waals surface area contributed by atoms with Crippen LogP contribution in [0.3, 0.4) is 0 Å². The highest BCUT2D eigenvalue weighted by atomic mass is 16.6. The highest BCUT2D eigenvalue weighted by molar-refractivity contribution is 5.87. The van der Waals surface area contributed by atoms with Crippen LogP contribution in [0.25, 0.3) is 0 Å². The van der Waals surface area contributed by atoms with Crippen LogP contribution in [0.4, 0.5) is 5.69 Å². The van der Waals surface area contributed by atoms with E-state index in [0.717, 1.165) is 12.1 Å². The summed E-state index contributed by atoms with van der Waals surface area (Å²) < 4.78 is 0. The minimum atomic E-state index is -1.09. The number of aromatic carboxylic acids is 1. The van der Waals surface area contributed by atoms with Crippen LogP contribution in [-0.4, -0.2) is 26.7 Å². The molecule has 0 aliphatic heterocycles. The lowest BCUT2D eigenvalue weighted by molar-refractivity contribution is -0.384. The van der Waals surface area contributed by atoms with Crippen molar-refractivity contribution < 1.29 is 19.9 Å². The van der Waals surface area contributed by atoms with Crippen molar-refractivity contribution in [2.24, 2.45) is 17.8 Å². The Morgan fingerprint density at radius 2 is 1.35 bits per heavy atom. The molecule has 6 heteroatoms. The largest absolute Gasteiger partial charge is 0.478 e. The normalized spacial score (nSPS) is 11.4. The quantitative estimate of drug-likeness (QED) is 0.630. The molecule has 0 aromatic heterocycles. The fourth-order valence-corrected chi connectivity index (χ4v) is 2.73. The number of benzene rings is 1.